The molecule has 0 atom stereocenters. The summed E-state index contributed by atoms with van der Waals surface area (Å²) in [5.41, 5.74) is -1.26. The van der Waals surface area contributed by atoms with Gasteiger partial charge in [-0.05, 0) is 25.7 Å². The molecule has 0 aromatic rings. The monoisotopic (exact) mass is 264 g/mol. The van der Waals surface area contributed by atoms with Gasteiger partial charge in [-0.2, -0.15) is 0 Å². The number of aliphatic carboxylic acids is 1. The maximum absolute atomic E-state index is 11.1. The number of carbonyl (C=O) groups excluding carboxylic acids is 1. The first-order valence-electron chi connectivity index (χ1n) is 4.62. The lowest BCUT2D eigenvalue weighted by atomic mass is 9.85. The second-order valence-electron chi connectivity index (χ2n) is 3.47. The third-order valence-corrected chi connectivity index (χ3v) is 2.93. The number of ether oxygens (including phenoxy) is 1. The maximum atomic E-state index is 11.1. The Morgan fingerprint density at radius 1 is 1.29 bits per heavy atom. The molecule has 0 heterocycles. The smallest absolute Gasteiger partial charge is 0.348 e. The van der Waals surface area contributed by atoms with Gasteiger partial charge in [0, 0.05) is 0 Å². The summed E-state index contributed by atoms with van der Waals surface area (Å²) in [6, 6.07) is 0. The molecule has 80 valence electrons. The van der Waals surface area contributed by atoms with Crippen LogP contribution in [0.4, 0.5) is 0 Å². The second kappa shape index (κ2) is 4.77. The summed E-state index contributed by atoms with van der Waals surface area (Å²) < 4.78 is 5.00. The maximum Gasteiger partial charge on any atom is 0.348 e. The zero-order valence-corrected chi connectivity index (χ0v) is 9.38. The Hall–Kier alpha value is -0.580. The van der Waals surface area contributed by atoms with Crippen LogP contribution in [-0.4, -0.2) is 28.0 Å². The van der Waals surface area contributed by atoms with Crippen LogP contribution in [0, 0.1) is 0 Å². The highest BCUT2D eigenvalue weighted by Crippen LogP contribution is 2.32. The lowest BCUT2D eigenvalue weighted by Crippen LogP contribution is -2.45. The third-order valence-electron chi connectivity index (χ3n) is 2.47. The van der Waals surface area contributed by atoms with Gasteiger partial charge in [-0.25, -0.2) is 4.79 Å². The predicted molar refractivity (Wildman–Crippen MR) is 53.3 cm³/mol. The van der Waals surface area contributed by atoms with E-state index in [4.69, 9.17) is 9.84 Å². The van der Waals surface area contributed by atoms with Crippen molar-refractivity contribution < 1.29 is 19.4 Å². The minimum Gasteiger partial charge on any atom is -0.478 e. The number of esters is 1. The molecule has 0 aromatic carbocycles. The zero-order valence-electron chi connectivity index (χ0n) is 7.79. The lowest BCUT2D eigenvalue weighted by Gasteiger charge is -2.32. The van der Waals surface area contributed by atoms with Gasteiger partial charge in [0.2, 0.25) is 5.60 Å². The molecule has 0 amide bonds. The van der Waals surface area contributed by atoms with Crippen LogP contribution in [0.5, 0.6) is 0 Å². The molecule has 1 rings (SSSR count). The predicted octanol–water partition coefficient (Wildman–Crippen LogP) is 1.71. The van der Waals surface area contributed by atoms with Crippen molar-refractivity contribution >= 4 is 27.9 Å². The number of hydrogen-bond acceptors (Lipinski definition) is 3. The Balaban J connectivity index is 2.70. The molecule has 1 N–H and O–H groups in total. The van der Waals surface area contributed by atoms with Crippen molar-refractivity contribution in [2.24, 2.45) is 0 Å². The number of alkyl halides is 1. The first-order valence-corrected chi connectivity index (χ1v) is 5.74. The number of carboxylic acids is 1. The van der Waals surface area contributed by atoms with E-state index < -0.39 is 17.5 Å². The second-order valence-corrected chi connectivity index (χ2v) is 4.03. The standard InChI is InChI=1S/C9H13BrO4/c10-6-7(11)14-9(8(12)13)4-2-1-3-5-9/h1-6H2,(H,12,13). The minimum absolute atomic E-state index is 0.0437. The van der Waals surface area contributed by atoms with E-state index in [1.54, 1.807) is 0 Å². The topological polar surface area (TPSA) is 63.6 Å². The van der Waals surface area contributed by atoms with Crippen LogP contribution in [0.25, 0.3) is 0 Å². The Bertz CT molecular complexity index is 233. The van der Waals surface area contributed by atoms with Gasteiger partial charge >= 0.3 is 11.9 Å². The molecule has 1 aliphatic rings. The molecule has 0 spiro atoms. The molecule has 5 heteroatoms. The van der Waals surface area contributed by atoms with Crippen LogP contribution in [0.1, 0.15) is 32.1 Å². The summed E-state index contributed by atoms with van der Waals surface area (Å²) in [5.74, 6) is -1.53. The van der Waals surface area contributed by atoms with Gasteiger partial charge < -0.3 is 9.84 Å². The fourth-order valence-corrected chi connectivity index (χ4v) is 1.84. The van der Waals surface area contributed by atoms with Gasteiger partial charge in [-0.15, -0.1) is 0 Å². The van der Waals surface area contributed by atoms with Crippen LogP contribution < -0.4 is 0 Å². The van der Waals surface area contributed by atoms with Gasteiger partial charge in [0.1, 0.15) is 5.33 Å². The fraction of sp³-hybridized carbons (Fsp3) is 0.778. The average molecular weight is 265 g/mol. The fourth-order valence-electron chi connectivity index (χ4n) is 1.73. The van der Waals surface area contributed by atoms with Crippen molar-refractivity contribution in [2.45, 2.75) is 37.7 Å². The van der Waals surface area contributed by atoms with Crippen molar-refractivity contribution in [1.82, 2.24) is 0 Å². The van der Waals surface area contributed by atoms with Crippen molar-refractivity contribution in [1.29, 1.82) is 0 Å². The summed E-state index contributed by atoms with van der Waals surface area (Å²) in [6.07, 6.45) is 3.49. The highest BCUT2D eigenvalue weighted by atomic mass is 79.9. The van der Waals surface area contributed by atoms with Crippen LogP contribution in [0.15, 0.2) is 0 Å². The van der Waals surface area contributed by atoms with Crippen molar-refractivity contribution in [3.05, 3.63) is 0 Å². The molecule has 1 saturated carbocycles. The van der Waals surface area contributed by atoms with Gasteiger partial charge in [0.15, 0.2) is 0 Å². The van der Waals surface area contributed by atoms with Gasteiger partial charge in [0.25, 0.3) is 0 Å². The van der Waals surface area contributed by atoms with E-state index in [0.717, 1.165) is 19.3 Å². The Morgan fingerprint density at radius 3 is 2.29 bits per heavy atom. The molecule has 4 nitrogen and oxygen atoms in total. The van der Waals surface area contributed by atoms with Crippen LogP contribution in [0.2, 0.25) is 0 Å². The van der Waals surface area contributed by atoms with Gasteiger partial charge in [-0.1, -0.05) is 22.4 Å². The van der Waals surface area contributed by atoms with Crippen LogP contribution >= 0.6 is 15.9 Å². The van der Waals surface area contributed by atoms with E-state index in [0.29, 0.717) is 12.8 Å². The van der Waals surface area contributed by atoms with E-state index >= 15 is 0 Å². The van der Waals surface area contributed by atoms with E-state index in [1.807, 2.05) is 0 Å². The summed E-state index contributed by atoms with van der Waals surface area (Å²) in [5, 5.41) is 9.08. The average Bonchev–Trinajstić information content (AvgIpc) is 2.19. The normalized spacial score (nSPS) is 20.1. The SMILES string of the molecule is O=C(CBr)OC1(C(=O)O)CCCCC1. The molecular formula is C9H13BrO4. The third kappa shape index (κ3) is 2.47. The number of halogens is 1. The molecule has 0 saturated heterocycles. The van der Waals surface area contributed by atoms with Crippen molar-refractivity contribution in [3.8, 4) is 0 Å². The molecule has 0 aliphatic heterocycles. The molecule has 1 fully saturated rings. The summed E-state index contributed by atoms with van der Waals surface area (Å²) in [6.45, 7) is 0. The van der Waals surface area contributed by atoms with E-state index in [2.05, 4.69) is 15.9 Å². The lowest BCUT2D eigenvalue weighted by molar-refractivity contribution is -0.180. The molecule has 14 heavy (non-hydrogen) atoms. The molecular weight excluding hydrogens is 252 g/mol. The van der Waals surface area contributed by atoms with Gasteiger partial charge in [0.05, 0.1) is 0 Å². The number of rotatable bonds is 3. The molecule has 0 aromatic heterocycles. The van der Waals surface area contributed by atoms with E-state index in [-0.39, 0.29) is 5.33 Å². The number of hydrogen-bond donors (Lipinski definition) is 1. The van der Waals surface area contributed by atoms with Crippen molar-refractivity contribution in [3.63, 3.8) is 0 Å². The molecule has 1 aliphatic carbocycles. The van der Waals surface area contributed by atoms with E-state index in [9.17, 15) is 9.59 Å². The highest BCUT2D eigenvalue weighted by molar-refractivity contribution is 9.09. The van der Waals surface area contributed by atoms with Crippen molar-refractivity contribution in [2.75, 3.05) is 5.33 Å². The Labute approximate surface area is 90.8 Å². The zero-order chi connectivity index (χ0) is 10.6. The summed E-state index contributed by atoms with van der Waals surface area (Å²) >= 11 is 2.95. The number of carbonyl (C=O) groups is 2. The minimum atomic E-state index is -1.26. The quantitative estimate of drug-likeness (QED) is 0.623. The van der Waals surface area contributed by atoms with Crippen LogP contribution in [0.3, 0.4) is 0 Å². The first kappa shape index (κ1) is 11.5. The Kier molecular flexibility index (Phi) is 3.92. The molecule has 0 bridgehead atoms. The summed E-state index contributed by atoms with van der Waals surface area (Å²) in [4.78, 5) is 22.1. The van der Waals surface area contributed by atoms with Gasteiger partial charge in [-0.3, -0.25) is 4.79 Å². The molecule has 0 unspecified atom stereocenters. The first-order chi connectivity index (χ1) is 6.60. The summed E-state index contributed by atoms with van der Waals surface area (Å²) in [7, 11) is 0. The Morgan fingerprint density at radius 2 is 1.86 bits per heavy atom. The highest BCUT2D eigenvalue weighted by Gasteiger charge is 2.43. The largest absolute Gasteiger partial charge is 0.478 e. The van der Waals surface area contributed by atoms with E-state index in [1.165, 1.54) is 0 Å². The van der Waals surface area contributed by atoms with Crippen LogP contribution in [-0.2, 0) is 14.3 Å². The molecule has 0 radical (unpaired) electrons. The number of carboxylic acid groups (broad SMARTS) is 1.